The lowest BCUT2D eigenvalue weighted by Gasteiger charge is -2.13. The first-order chi connectivity index (χ1) is 8.15. The van der Waals surface area contributed by atoms with Gasteiger partial charge in [0.25, 0.3) is 0 Å². The Balaban J connectivity index is 1.95. The Labute approximate surface area is 109 Å². The second-order valence-electron chi connectivity index (χ2n) is 4.14. The largest absolute Gasteiger partial charge is 0.379 e. The van der Waals surface area contributed by atoms with Gasteiger partial charge < -0.3 is 15.4 Å². The maximum absolute atomic E-state index is 11.7. The Morgan fingerprint density at radius 2 is 2.35 bits per heavy atom. The van der Waals surface area contributed by atoms with Crippen molar-refractivity contribution in [1.82, 2.24) is 5.32 Å². The number of carbonyl (C=O) groups is 1. The molecular weight excluding hydrogens is 284 g/mol. The molecule has 92 valence electrons. The Hall–Kier alpha value is -1.07. The third kappa shape index (κ3) is 3.44. The first-order valence-electron chi connectivity index (χ1n) is 5.56. The predicted molar refractivity (Wildman–Crippen MR) is 70.3 cm³/mol. The van der Waals surface area contributed by atoms with Crippen LogP contribution >= 0.6 is 15.9 Å². The zero-order chi connectivity index (χ0) is 12.3. The molecule has 1 aliphatic rings. The summed E-state index contributed by atoms with van der Waals surface area (Å²) in [4.78, 5) is 11.7. The summed E-state index contributed by atoms with van der Waals surface area (Å²) in [5.41, 5.74) is 1.88. The van der Waals surface area contributed by atoms with Crippen LogP contribution in [0.4, 0.5) is 10.5 Å². The maximum Gasteiger partial charge on any atom is 0.319 e. The number of amides is 2. The molecule has 1 heterocycles. The first-order valence-corrected chi connectivity index (χ1v) is 6.36. The number of anilines is 1. The maximum atomic E-state index is 11.7. The van der Waals surface area contributed by atoms with E-state index < -0.39 is 0 Å². The van der Waals surface area contributed by atoms with Crippen LogP contribution in [0.2, 0.25) is 0 Å². The molecule has 0 spiro atoms. The summed E-state index contributed by atoms with van der Waals surface area (Å²) in [6.45, 7) is 3.31. The molecule has 2 rings (SSSR count). The smallest absolute Gasteiger partial charge is 0.319 e. The van der Waals surface area contributed by atoms with E-state index in [9.17, 15) is 4.79 Å². The van der Waals surface area contributed by atoms with Crippen molar-refractivity contribution in [2.24, 2.45) is 0 Å². The fourth-order valence-corrected chi connectivity index (χ4v) is 2.07. The number of benzene rings is 1. The van der Waals surface area contributed by atoms with Gasteiger partial charge in [-0.2, -0.15) is 0 Å². The molecule has 1 saturated heterocycles. The number of nitrogens with one attached hydrogen (secondary N) is 2. The van der Waals surface area contributed by atoms with Crippen molar-refractivity contribution in [2.75, 3.05) is 18.5 Å². The zero-order valence-electron chi connectivity index (χ0n) is 9.63. The average Bonchev–Trinajstić information content (AvgIpc) is 2.76. The Morgan fingerprint density at radius 3 is 3.06 bits per heavy atom. The molecule has 2 N–H and O–H groups in total. The minimum atomic E-state index is -0.188. The van der Waals surface area contributed by atoms with Crippen LogP contribution in [0.25, 0.3) is 0 Å². The van der Waals surface area contributed by atoms with E-state index in [0.717, 1.165) is 28.8 Å². The second kappa shape index (κ2) is 5.51. The molecule has 1 unspecified atom stereocenters. The number of aryl methyl sites for hydroxylation is 1. The van der Waals surface area contributed by atoms with Gasteiger partial charge in [-0.1, -0.05) is 6.07 Å². The number of hydrogen-bond donors (Lipinski definition) is 2. The van der Waals surface area contributed by atoms with E-state index in [4.69, 9.17) is 4.74 Å². The standard InChI is InChI=1S/C12H15BrN2O2/c1-8-2-3-10(13)11(6-8)15-12(16)14-9-4-5-17-7-9/h2-3,6,9H,4-5,7H2,1H3,(H2,14,15,16). The molecule has 2 amide bonds. The molecule has 0 aromatic heterocycles. The lowest BCUT2D eigenvalue weighted by Crippen LogP contribution is -2.38. The van der Waals surface area contributed by atoms with E-state index in [1.807, 2.05) is 25.1 Å². The molecule has 5 heteroatoms. The molecule has 0 radical (unpaired) electrons. The van der Waals surface area contributed by atoms with Crippen molar-refractivity contribution < 1.29 is 9.53 Å². The fourth-order valence-electron chi connectivity index (χ4n) is 1.73. The summed E-state index contributed by atoms with van der Waals surface area (Å²) in [7, 11) is 0. The van der Waals surface area contributed by atoms with Crippen LogP contribution in [0.1, 0.15) is 12.0 Å². The van der Waals surface area contributed by atoms with Crippen LogP contribution in [0.5, 0.6) is 0 Å². The van der Waals surface area contributed by atoms with E-state index in [1.165, 1.54) is 0 Å². The number of urea groups is 1. The van der Waals surface area contributed by atoms with Crippen LogP contribution in [0, 0.1) is 6.92 Å². The lowest BCUT2D eigenvalue weighted by atomic mass is 10.2. The van der Waals surface area contributed by atoms with Crippen molar-refractivity contribution in [3.63, 3.8) is 0 Å². The minimum Gasteiger partial charge on any atom is -0.379 e. The van der Waals surface area contributed by atoms with Crippen LogP contribution < -0.4 is 10.6 Å². The Bertz CT molecular complexity index is 417. The van der Waals surface area contributed by atoms with Crippen LogP contribution in [0.3, 0.4) is 0 Å². The van der Waals surface area contributed by atoms with Gasteiger partial charge in [0, 0.05) is 11.1 Å². The summed E-state index contributed by atoms with van der Waals surface area (Å²) in [6, 6.07) is 5.77. The zero-order valence-corrected chi connectivity index (χ0v) is 11.2. The SMILES string of the molecule is Cc1ccc(Br)c(NC(=O)NC2CCOC2)c1. The van der Waals surface area contributed by atoms with Crippen molar-refractivity contribution >= 4 is 27.6 Å². The first kappa shape index (κ1) is 12.4. The highest BCUT2D eigenvalue weighted by Crippen LogP contribution is 2.23. The van der Waals surface area contributed by atoms with E-state index in [0.29, 0.717) is 6.61 Å². The molecular formula is C12H15BrN2O2. The van der Waals surface area contributed by atoms with Crippen LogP contribution in [0.15, 0.2) is 22.7 Å². The number of ether oxygens (including phenoxy) is 1. The quantitative estimate of drug-likeness (QED) is 0.882. The number of halogens is 1. The molecule has 1 aromatic rings. The molecule has 1 aromatic carbocycles. The number of hydrogen-bond acceptors (Lipinski definition) is 2. The molecule has 1 atom stereocenters. The normalized spacial score (nSPS) is 19.1. The molecule has 1 fully saturated rings. The van der Waals surface area contributed by atoms with Gasteiger partial charge in [0.05, 0.1) is 18.3 Å². The average molecular weight is 299 g/mol. The minimum absolute atomic E-state index is 0.124. The van der Waals surface area contributed by atoms with Gasteiger partial charge in [0.1, 0.15) is 0 Å². The van der Waals surface area contributed by atoms with Gasteiger partial charge in [-0.3, -0.25) is 0 Å². The molecule has 17 heavy (non-hydrogen) atoms. The third-order valence-electron chi connectivity index (χ3n) is 2.63. The van der Waals surface area contributed by atoms with E-state index in [1.54, 1.807) is 0 Å². The van der Waals surface area contributed by atoms with Crippen molar-refractivity contribution in [3.8, 4) is 0 Å². The van der Waals surface area contributed by atoms with Gasteiger partial charge in [-0.15, -0.1) is 0 Å². The van der Waals surface area contributed by atoms with Gasteiger partial charge in [0.2, 0.25) is 0 Å². The number of carbonyl (C=O) groups excluding carboxylic acids is 1. The molecule has 0 aliphatic carbocycles. The molecule has 1 aliphatic heterocycles. The van der Waals surface area contributed by atoms with Crippen molar-refractivity contribution in [3.05, 3.63) is 28.2 Å². The molecule has 0 saturated carbocycles. The Morgan fingerprint density at radius 1 is 1.53 bits per heavy atom. The monoisotopic (exact) mass is 298 g/mol. The van der Waals surface area contributed by atoms with Crippen LogP contribution in [-0.4, -0.2) is 25.3 Å². The summed E-state index contributed by atoms with van der Waals surface area (Å²) in [5, 5.41) is 5.70. The van der Waals surface area contributed by atoms with Crippen molar-refractivity contribution in [2.45, 2.75) is 19.4 Å². The summed E-state index contributed by atoms with van der Waals surface area (Å²) < 4.78 is 6.08. The fraction of sp³-hybridized carbons (Fsp3) is 0.417. The molecule has 0 bridgehead atoms. The molecule has 4 nitrogen and oxygen atoms in total. The second-order valence-corrected chi connectivity index (χ2v) is 5.00. The summed E-state index contributed by atoms with van der Waals surface area (Å²) in [6.07, 6.45) is 0.877. The highest BCUT2D eigenvalue weighted by Gasteiger charge is 2.17. The Kier molecular flexibility index (Phi) is 4.02. The highest BCUT2D eigenvalue weighted by atomic mass is 79.9. The van der Waals surface area contributed by atoms with Gasteiger partial charge in [0.15, 0.2) is 0 Å². The summed E-state index contributed by atoms with van der Waals surface area (Å²) in [5.74, 6) is 0. The number of rotatable bonds is 2. The van der Waals surface area contributed by atoms with E-state index in [-0.39, 0.29) is 12.1 Å². The lowest BCUT2D eigenvalue weighted by molar-refractivity contribution is 0.189. The predicted octanol–water partition coefficient (Wildman–Crippen LogP) is 2.67. The van der Waals surface area contributed by atoms with Gasteiger partial charge in [-0.25, -0.2) is 4.79 Å². The topological polar surface area (TPSA) is 50.4 Å². The van der Waals surface area contributed by atoms with Gasteiger partial charge >= 0.3 is 6.03 Å². The third-order valence-corrected chi connectivity index (χ3v) is 3.33. The van der Waals surface area contributed by atoms with Crippen LogP contribution in [-0.2, 0) is 4.74 Å². The highest BCUT2D eigenvalue weighted by molar-refractivity contribution is 9.10. The summed E-state index contributed by atoms with van der Waals surface area (Å²) >= 11 is 3.40. The van der Waals surface area contributed by atoms with Crippen molar-refractivity contribution in [1.29, 1.82) is 0 Å². The van der Waals surface area contributed by atoms with E-state index in [2.05, 4.69) is 26.6 Å². The van der Waals surface area contributed by atoms with Gasteiger partial charge in [-0.05, 0) is 47.0 Å². The van der Waals surface area contributed by atoms with E-state index >= 15 is 0 Å².